The lowest BCUT2D eigenvalue weighted by molar-refractivity contribution is 0.140. The molecule has 1 aromatic heterocycles. The summed E-state index contributed by atoms with van der Waals surface area (Å²) in [7, 11) is 0. The Bertz CT molecular complexity index is 618. The van der Waals surface area contributed by atoms with Crippen LogP contribution in [0.5, 0.6) is 0 Å². The van der Waals surface area contributed by atoms with Crippen molar-refractivity contribution in [3.8, 4) is 0 Å². The predicted molar refractivity (Wildman–Crippen MR) is 79.3 cm³/mol. The smallest absolute Gasteiger partial charge is 0.328 e. The Labute approximate surface area is 128 Å². The zero-order chi connectivity index (χ0) is 15.8. The molecule has 0 amide bonds. The van der Waals surface area contributed by atoms with Crippen LogP contribution in [0.1, 0.15) is 18.0 Å². The van der Waals surface area contributed by atoms with Crippen molar-refractivity contribution in [1.82, 2.24) is 9.55 Å². The number of aromatic amines is 1. The number of alkyl halides is 1. The van der Waals surface area contributed by atoms with E-state index in [1.807, 2.05) is 0 Å². The topological polar surface area (TPSA) is 144 Å². The van der Waals surface area contributed by atoms with E-state index in [0.717, 1.165) is 0 Å². The summed E-state index contributed by atoms with van der Waals surface area (Å²) in [5.74, 6) is -0.337. The summed E-state index contributed by atoms with van der Waals surface area (Å²) in [6.07, 6.45) is 1.71. The fourth-order valence-corrected chi connectivity index (χ4v) is 2.21. The zero-order valence-electron chi connectivity index (χ0n) is 11.1. The van der Waals surface area contributed by atoms with Crippen LogP contribution in [0.4, 0.5) is 0 Å². The van der Waals surface area contributed by atoms with Crippen molar-refractivity contribution in [3.63, 3.8) is 0 Å². The molecule has 0 fully saturated rings. The first-order valence-electron chi connectivity index (χ1n) is 6.22. The van der Waals surface area contributed by atoms with Crippen molar-refractivity contribution in [2.75, 3.05) is 18.5 Å². The first-order chi connectivity index (χ1) is 10.1. The largest absolute Gasteiger partial charge is 0.396 e. The number of azide groups is 1. The number of aryl methyl sites for hydroxylation is 1. The van der Waals surface area contributed by atoms with Crippen molar-refractivity contribution in [2.45, 2.75) is 19.0 Å². The van der Waals surface area contributed by atoms with Gasteiger partial charge in [0.2, 0.25) is 0 Å². The molecule has 0 aliphatic heterocycles. The van der Waals surface area contributed by atoms with E-state index in [1.165, 1.54) is 10.8 Å². The van der Waals surface area contributed by atoms with Gasteiger partial charge in [0, 0.05) is 47.7 Å². The minimum absolute atomic E-state index is 0.175. The second-order valence-corrected chi connectivity index (χ2v) is 5.08. The third-order valence-corrected chi connectivity index (χ3v) is 3.64. The van der Waals surface area contributed by atoms with Crippen LogP contribution >= 0.6 is 15.9 Å². The molecule has 0 radical (unpaired) electrons. The molecular weight excluding hydrogens is 346 g/mol. The molecule has 1 unspecified atom stereocenters. The quantitative estimate of drug-likeness (QED) is 0.264. The van der Waals surface area contributed by atoms with Gasteiger partial charge in [-0.2, -0.15) is 0 Å². The molecule has 9 nitrogen and oxygen atoms in total. The third kappa shape index (κ3) is 4.71. The number of hydrogen-bond donors (Lipinski definition) is 3. The van der Waals surface area contributed by atoms with Gasteiger partial charge in [-0.05, 0) is 12.0 Å². The summed E-state index contributed by atoms with van der Waals surface area (Å²) in [6, 6.07) is -0.725. The van der Waals surface area contributed by atoms with Gasteiger partial charge in [0.25, 0.3) is 5.56 Å². The van der Waals surface area contributed by atoms with Gasteiger partial charge in [-0.15, -0.1) is 0 Å². The van der Waals surface area contributed by atoms with Crippen molar-refractivity contribution in [3.05, 3.63) is 43.0 Å². The summed E-state index contributed by atoms with van der Waals surface area (Å²) >= 11 is 3.14. The van der Waals surface area contributed by atoms with Crippen LogP contribution in [-0.4, -0.2) is 38.3 Å². The lowest BCUT2D eigenvalue weighted by atomic mass is 10.1. The first kappa shape index (κ1) is 17.4. The van der Waals surface area contributed by atoms with E-state index in [0.29, 0.717) is 6.42 Å². The molecule has 0 bridgehead atoms. The second-order valence-electron chi connectivity index (χ2n) is 4.43. The summed E-state index contributed by atoms with van der Waals surface area (Å²) in [5.41, 5.74) is 7.47. The number of aliphatic hydroxyl groups is 2. The SMILES string of the molecule is [N-]=[N+]=NC(CBr)c1cn(CCC(CO)CO)c(=O)[nH]c1=O. The minimum Gasteiger partial charge on any atom is -0.396 e. The van der Waals surface area contributed by atoms with E-state index in [-0.39, 0.29) is 36.6 Å². The Morgan fingerprint density at radius 1 is 1.43 bits per heavy atom. The van der Waals surface area contributed by atoms with Crippen LogP contribution < -0.4 is 11.2 Å². The molecule has 1 atom stereocenters. The van der Waals surface area contributed by atoms with Crippen LogP contribution in [0.3, 0.4) is 0 Å². The lowest BCUT2D eigenvalue weighted by Crippen LogP contribution is -2.33. The predicted octanol–water partition coefficient (Wildman–Crippen LogP) is 0.274. The van der Waals surface area contributed by atoms with Gasteiger partial charge < -0.3 is 14.8 Å². The fraction of sp³-hybridized carbons (Fsp3) is 0.636. The van der Waals surface area contributed by atoms with E-state index < -0.39 is 17.3 Å². The number of aromatic nitrogens is 2. The molecule has 3 N–H and O–H groups in total. The van der Waals surface area contributed by atoms with Crippen molar-refractivity contribution < 1.29 is 10.2 Å². The summed E-state index contributed by atoms with van der Waals surface area (Å²) in [6.45, 7) is -0.159. The second kappa shape index (κ2) is 8.63. The summed E-state index contributed by atoms with van der Waals surface area (Å²) in [4.78, 5) is 28.3. The standard InChI is InChI=1S/C11H16BrN5O4/c12-3-9(15-16-13)8-4-17(11(21)14-10(8)20)2-1-7(5-18)6-19/h4,7,9,18-19H,1-3,5-6H2,(H,14,20,21). The molecule has 1 rings (SSSR count). The maximum Gasteiger partial charge on any atom is 0.328 e. The van der Waals surface area contributed by atoms with Gasteiger partial charge in [0.05, 0.1) is 6.04 Å². The molecule has 0 aliphatic rings. The van der Waals surface area contributed by atoms with Crippen molar-refractivity contribution in [2.24, 2.45) is 11.0 Å². The lowest BCUT2D eigenvalue weighted by Gasteiger charge is -2.13. The maximum absolute atomic E-state index is 11.8. The van der Waals surface area contributed by atoms with E-state index in [9.17, 15) is 9.59 Å². The van der Waals surface area contributed by atoms with E-state index in [2.05, 4.69) is 30.9 Å². The molecule has 0 saturated carbocycles. The number of halogens is 1. The van der Waals surface area contributed by atoms with Gasteiger partial charge in [-0.3, -0.25) is 9.78 Å². The monoisotopic (exact) mass is 361 g/mol. The molecule has 1 heterocycles. The Morgan fingerprint density at radius 3 is 2.62 bits per heavy atom. The van der Waals surface area contributed by atoms with Gasteiger partial charge >= 0.3 is 5.69 Å². The van der Waals surface area contributed by atoms with Crippen LogP contribution in [0.2, 0.25) is 0 Å². The van der Waals surface area contributed by atoms with Crippen molar-refractivity contribution >= 4 is 15.9 Å². The number of hydrogen-bond acceptors (Lipinski definition) is 5. The van der Waals surface area contributed by atoms with Gasteiger partial charge in [0.15, 0.2) is 0 Å². The maximum atomic E-state index is 11.8. The number of H-pyrrole nitrogens is 1. The Kier molecular flexibility index (Phi) is 7.17. The van der Waals surface area contributed by atoms with Crippen LogP contribution in [0, 0.1) is 5.92 Å². The van der Waals surface area contributed by atoms with Crippen LogP contribution in [0.25, 0.3) is 10.4 Å². The molecule has 10 heteroatoms. The van der Waals surface area contributed by atoms with Gasteiger partial charge in [-0.25, -0.2) is 4.79 Å². The zero-order valence-corrected chi connectivity index (χ0v) is 12.7. The van der Waals surface area contributed by atoms with Gasteiger partial charge in [0.1, 0.15) is 0 Å². The number of aliphatic hydroxyl groups excluding tert-OH is 2. The molecular formula is C11H16BrN5O4. The van der Waals surface area contributed by atoms with Gasteiger partial charge in [-0.1, -0.05) is 21.0 Å². The van der Waals surface area contributed by atoms with Crippen LogP contribution in [0.15, 0.2) is 20.9 Å². The van der Waals surface area contributed by atoms with E-state index in [1.54, 1.807) is 0 Å². The summed E-state index contributed by atoms with van der Waals surface area (Å²) in [5, 5.41) is 21.7. The highest BCUT2D eigenvalue weighted by Crippen LogP contribution is 2.15. The number of nitrogens with one attached hydrogen (secondary N) is 1. The Balaban J connectivity index is 3.08. The molecule has 0 spiro atoms. The van der Waals surface area contributed by atoms with Crippen LogP contribution in [-0.2, 0) is 6.54 Å². The Hall–Kier alpha value is -1.61. The molecule has 0 aliphatic carbocycles. The average molecular weight is 362 g/mol. The highest BCUT2D eigenvalue weighted by Gasteiger charge is 2.15. The third-order valence-electron chi connectivity index (χ3n) is 3.03. The molecule has 21 heavy (non-hydrogen) atoms. The van der Waals surface area contributed by atoms with E-state index >= 15 is 0 Å². The molecule has 0 saturated heterocycles. The molecule has 1 aromatic rings. The average Bonchev–Trinajstić information content (AvgIpc) is 2.48. The fourth-order valence-electron chi connectivity index (χ4n) is 1.73. The minimum atomic E-state index is -0.725. The van der Waals surface area contributed by atoms with Crippen molar-refractivity contribution in [1.29, 1.82) is 0 Å². The normalized spacial score (nSPS) is 12.2. The molecule has 116 valence electrons. The summed E-state index contributed by atoms with van der Waals surface area (Å²) < 4.78 is 1.26. The number of rotatable bonds is 8. The highest BCUT2D eigenvalue weighted by atomic mass is 79.9. The number of nitrogens with zero attached hydrogens (tertiary/aromatic N) is 4. The molecule has 0 aromatic carbocycles. The Morgan fingerprint density at radius 2 is 2.10 bits per heavy atom. The highest BCUT2D eigenvalue weighted by molar-refractivity contribution is 9.09. The first-order valence-corrected chi connectivity index (χ1v) is 7.35. The van der Waals surface area contributed by atoms with E-state index in [4.69, 9.17) is 15.7 Å².